The summed E-state index contributed by atoms with van der Waals surface area (Å²) in [7, 11) is 0. The minimum Gasteiger partial charge on any atom is -0.368 e. The van der Waals surface area contributed by atoms with Gasteiger partial charge in [0.1, 0.15) is 5.82 Å². The van der Waals surface area contributed by atoms with Gasteiger partial charge in [0.05, 0.1) is 5.02 Å². The molecule has 0 saturated carbocycles. The first-order valence-electron chi connectivity index (χ1n) is 7.55. The molecule has 0 bridgehead atoms. The Hall–Kier alpha value is -1.29. The fourth-order valence-electron chi connectivity index (χ4n) is 2.76. The zero-order chi connectivity index (χ0) is 15.4. The normalized spacial score (nSPS) is 15.7. The van der Waals surface area contributed by atoms with E-state index in [1.54, 1.807) is 12.1 Å². The van der Waals surface area contributed by atoms with Gasteiger partial charge in [-0.25, -0.2) is 4.39 Å². The van der Waals surface area contributed by atoms with Crippen LogP contribution in [0.25, 0.3) is 0 Å². The highest BCUT2D eigenvalue weighted by atomic mass is 35.5. The molecule has 21 heavy (non-hydrogen) atoms. The molecule has 1 aromatic carbocycles. The molecule has 1 aliphatic heterocycles. The molecule has 1 saturated heterocycles. The number of carbonyl (C=O) groups excluding carboxylic acids is 1. The number of hydrogen-bond acceptors (Lipinski definition) is 2. The van der Waals surface area contributed by atoms with Gasteiger partial charge in [-0.2, -0.15) is 0 Å². The SMILES string of the molecule is CCC(CC)C(=O)N1CCN(c2ccc(F)c(Cl)c2)CC1. The molecule has 0 atom stereocenters. The standard InChI is InChI=1S/C16H22ClFN2O/c1-3-12(4-2)16(21)20-9-7-19(8-10-20)13-5-6-15(18)14(17)11-13/h5-6,11-12H,3-4,7-10H2,1-2H3. The van der Waals surface area contributed by atoms with Crippen LogP contribution in [0.15, 0.2) is 18.2 Å². The zero-order valence-electron chi connectivity index (χ0n) is 12.6. The van der Waals surface area contributed by atoms with E-state index in [-0.39, 0.29) is 16.8 Å². The van der Waals surface area contributed by atoms with E-state index in [0.29, 0.717) is 13.1 Å². The molecule has 1 heterocycles. The Morgan fingerprint density at radius 2 is 1.86 bits per heavy atom. The van der Waals surface area contributed by atoms with Crippen molar-refractivity contribution in [3.8, 4) is 0 Å². The molecule has 116 valence electrons. The summed E-state index contributed by atoms with van der Waals surface area (Å²) in [6, 6.07) is 4.77. The third kappa shape index (κ3) is 3.67. The lowest BCUT2D eigenvalue weighted by Crippen LogP contribution is -2.50. The number of carbonyl (C=O) groups is 1. The van der Waals surface area contributed by atoms with Crippen LogP contribution in [-0.2, 0) is 4.79 Å². The second-order valence-electron chi connectivity index (χ2n) is 5.42. The lowest BCUT2D eigenvalue weighted by atomic mass is 10.0. The summed E-state index contributed by atoms with van der Waals surface area (Å²) in [4.78, 5) is 16.4. The molecule has 0 unspecified atom stereocenters. The van der Waals surface area contributed by atoms with Crippen molar-refractivity contribution in [2.75, 3.05) is 31.1 Å². The Kier molecular flexibility index (Phi) is 5.45. The highest BCUT2D eigenvalue weighted by Gasteiger charge is 2.25. The number of hydrogen-bond donors (Lipinski definition) is 0. The maximum atomic E-state index is 13.2. The highest BCUT2D eigenvalue weighted by Crippen LogP contribution is 2.24. The monoisotopic (exact) mass is 312 g/mol. The van der Waals surface area contributed by atoms with E-state index < -0.39 is 5.82 Å². The fraction of sp³-hybridized carbons (Fsp3) is 0.562. The van der Waals surface area contributed by atoms with Gasteiger partial charge < -0.3 is 9.80 Å². The summed E-state index contributed by atoms with van der Waals surface area (Å²) in [5.74, 6) is -0.00318. The van der Waals surface area contributed by atoms with Crippen LogP contribution >= 0.6 is 11.6 Å². The zero-order valence-corrected chi connectivity index (χ0v) is 13.4. The molecule has 0 N–H and O–H groups in total. The Labute approximate surface area is 130 Å². The molecule has 2 rings (SSSR count). The predicted octanol–water partition coefficient (Wildman–Crippen LogP) is 3.56. The molecule has 0 aromatic heterocycles. The van der Waals surface area contributed by atoms with Crippen LogP contribution in [0.3, 0.4) is 0 Å². The highest BCUT2D eigenvalue weighted by molar-refractivity contribution is 6.31. The smallest absolute Gasteiger partial charge is 0.225 e. The van der Waals surface area contributed by atoms with Gasteiger partial charge in [-0.05, 0) is 31.0 Å². The molecular weight excluding hydrogens is 291 g/mol. The third-order valence-electron chi connectivity index (χ3n) is 4.19. The van der Waals surface area contributed by atoms with Crippen molar-refractivity contribution in [1.29, 1.82) is 0 Å². The quantitative estimate of drug-likeness (QED) is 0.848. The van der Waals surface area contributed by atoms with Crippen LogP contribution in [0.5, 0.6) is 0 Å². The minimum absolute atomic E-state index is 0.136. The fourth-order valence-corrected chi connectivity index (χ4v) is 2.94. The number of anilines is 1. The molecule has 1 amide bonds. The Balaban J connectivity index is 1.96. The Morgan fingerprint density at radius 1 is 1.24 bits per heavy atom. The first-order valence-corrected chi connectivity index (χ1v) is 7.93. The van der Waals surface area contributed by atoms with Gasteiger partial charge >= 0.3 is 0 Å². The molecule has 0 aliphatic carbocycles. The molecule has 1 aliphatic rings. The topological polar surface area (TPSA) is 23.6 Å². The summed E-state index contributed by atoms with van der Waals surface area (Å²) in [5, 5.41) is 0.142. The van der Waals surface area contributed by atoms with Gasteiger partial charge in [-0.3, -0.25) is 4.79 Å². The molecule has 1 aromatic rings. The van der Waals surface area contributed by atoms with Crippen molar-refractivity contribution >= 4 is 23.2 Å². The maximum absolute atomic E-state index is 13.2. The van der Waals surface area contributed by atoms with E-state index in [1.165, 1.54) is 6.07 Å². The van der Waals surface area contributed by atoms with E-state index in [4.69, 9.17) is 11.6 Å². The summed E-state index contributed by atoms with van der Waals surface area (Å²) < 4.78 is 13.2. The van der Waals surface area contributed by atoms with Gasteiger partial charge in [-0.15, -0.1) is 0 Å². The third-order valence-corrected chi connectivity index (χ3v) is 4.48. The Morgan fingerprint density at radius 3 is 2.38 bits per heavy atom. The molecular formula is C16H22ClFN2O. The van der Waals surface area contributed by atoms with Crippen LogP contribution in [0.1, 0.15) is 26.7 Å². The first-order chi connectivity index (χ1) is 10.1. The molecule has 5 heteroatoms. The molecule has 3 nitrogen and oxygen atoms in total. The predicted molar refractivity (Wildman–Crippen MR) is 84.3 cm³/mol. The van der Waals surface area contributed by atoms with Crippen molar-refractivity contribution in [2.45, 2.75) is 26.7 Å². The first kappa shape index (κ1) is 16.1. The largest absolute Gasteiger partial charge is 0.368 e. The number of rotatable bonds is 4. The number of halogens is 2. The second-order valence-corrected chi connectivity index (χ2v) is 5.83. The van der Waals surface area contributed by atoms with E-state index in [9.17, 15) is 9.18 Å². The van der Waals surface area contributed by atoms with Crippen LogP contribution in [-0.4, -0.2) is 37.0 Å². The van der Waals surface area contributed by atoms with Crippen molar-refractivity contribution in [2.24, 2.45) is 5.92 Å². The lowest BCUT2D eigenvalue weighted by molar-refractivity contribution is -0.136. The van der Waals surface area contributed by atoms with Crippen molar-refractivity contribution < 1.29 is 9.18 Å². The van der Waals surface area contributed by atoms with Gasteiger partial charge in [0.2, 0.25) is 5.91 Å². The Bertz CT molecular complexity index is 497. The van der Waals surface area contributed by atoms with Crippen molar-refractivity contribution in [1.82, 2.24) is 4.90 Å². The van der Waals surface area contributed by atoms with Crippen molar-refractivity contribution in [3.63, 3.8) is 0 Å². The summed E-state index contributed by atoms with van der Waals surface area (Å²) >= 11 is 5.83. The van der Waals surface area contributed by atoms with E-state index in [0.717, 1.165) is 31.6 Å². The summed E-state index contributed by atoms with van der Waals surface area (Å²) in [5.41, 5.74) is 0.913. The molecule has 1 fully saturated rings. The summed E-state index contributed by atoms with van der Waals surface area (Å²) in [6.07, 6.45) is 1.78. The number of piperazine rings is 1. The number of benzene rings is 1. The number of amides is 1. The van der Waals surface area contributed by atoms with Gasteiger partial charge in [0.25, 0.3) is 0 Å². The average Bonchev–Trinajstić information content (AvgIpc) is 2.51. The van der Waals surface area contributed by atoms with E-state index in [1.807, 2.05) is 4.90 Å². The average molecular weight is 313 g/mol. The summed E-state index contributed by atoms with van der Waals surface area (Å²) in [6.45, 7) is 7.06. The van der Waals surface area contributed by atoms with Gasteiger partial charge in [-0.1, -0.05) is 25.4 Å². The number of nitrogens with zero attached hydrogens (tertiary/aromatic N) is 2. The van der Waals surface area contributed by atoms with E-state index in [2.05, 4.69) is 18.7 Å². The molecule has 0 spiro atoms. The van der Waals surface area contributed by atoms with Crippen molar-refractivity contribution in [3.05, 3.63) is 29.0 Å². The van der Waals surface area contributed by atoms with Gasteiger partial charge in [0.15, 0.2) is 0 Å². The van der Waals surface area contributed by atoms with Crippen LogP contribution in [0.2, 0.25) is 5.02 Å². The maximum Gasteiger partial charge on any atom is 0.225 e. The van der Waals surface area contributed by atoms with Crippen LogP contribution in [0, 0.1) is 11.7 Å². The van der Waals surface area contributed by atoms with Crippen LogP contribution < -0.4 is 4.90 Å². The molecule has 0 radical (unpaired) electrons. The van der Waals surface area contributed by atoms with E-state index >= 15 is 0 Å². The lowest BCUT2D eigenvalue weighted by Gasteiger charge is -2.37. The minimum atomic E-state index is -0.400. The van der Waals surface area contributed by atoms with Crippen LogP contribution in [0.4, 0.5) is 10.1 Å². The second kappa shape index (κ2) is 7.12. The van der Waals surface area contributed by atoms with Gasteiger partial charge in [0, 0.05) is 37.8 Å².